The van der Waals surface area contributed by atoms with E-state index in [0.717, 1.165) is 61.8 Å². The Labute approximate surface area is 191 Å². The van der Waals surface area contributed by atoms with Gasteiger partial charge in [-0.3, -0.25) is 4.90 Å². The largest absolute Gasteiger partial charge is 0.389 e. The molecule has 0 amide bonds. The van der Waals surface area contributed by atoms with Crippen molar-refractivity contribution in [3.8, 4) is 11.3 Å². The lowest BCUT2D eigenvalue weighted by Gasteiger charge is -2.30. The zero-order valence-corrected chi connectivity index (χ0v) is 19.2. The molecule has 0 saturated carbocycles. The summed E-state index contributed by atoms with van der Waals surface area (Å²) in [5, 5.41) is 15.1. The van der Waals surface area contributed by atoms with Crippen molar-refractivity contribution < 1.29 is 19.1 Å². The van der Waals surface area contributed by atoms with Gasteiger partial charge >= 0.3 is 0 Å². The number of hydrogen-bond donors (Lipinski definition) is 1. The predicted molar refractivity (Wildman–Crippen MR) is 125 cm³/mol. The van der Waals surface area contributed by atoms with Crippen molar-refractivity contribution in [1.82, 2.24) is 10.1 Å². The van der Waals surface area contributed by atoms with Crippen LogP contribution in [0.3, 0.4) is 0 Å². The quantitative estimate of drug-likeness (QED) is 0.568. The topological polar surface area (TPSA) is 71.2 Å². The molecule has 1 N–H and O–H groups in total. The van der Waals surface area contributed by atoms with E-state index in [1.165, 1.54) is 19.3 Å². The van der Waals surface area contributed by atoms with Gasteiger partial charge < -0.3 is 24.0 Å². The molecule has 0 bridgehead atoms. The van der Waals surface area contributed by atoms with E-state index in [-0.39, 0.29) is 6.10 Å². The number of rotatable bonds is 11. The van der Waals surface area contributed by atoms with Crippen LogP contribution in [0.1, 0.15) is 44.6 Å². The second-order valence-corrected chi connectivity index (χ2v) is 8.87. The summed E-state index contributed by atoms with van der Waals surface area (Å²) in [6, 6.07) is 10.2. The Morgan fingerprint density at radius 1 is 1.19 bits per heavy atom. The first-order valence-electron chi connectivity index (χ1n) is 12.1. The number of benzene rings is 1. The van der Waals surface area contributed by atoms with Gasteiger partial charge in [0.25, 0.3) is 0 Å². The van der Waals surface area contributed by atoms with E-state index >= 15 is 0 Å². The molecule has 7 nitrogen and oxygen atoms in total. The van der Waals surface area contributed by atoms with E-state index in [1.54, 1.807) is 0 Å². The molecular formula is C25H37N3O4. The average molecular weight is 444 g/mol. The third kappa shape index (κ3) is 6.10. The van der Waals surface area contributed by atoms with Crippen molar-refractivity contribution in [2.45, 2.75) is 57.8 Å². The number of anilines is 1. The van der Waals surface area contributed by atoms with Crippen molar-refractivity contribution in [3.63, 3.8) is 0 Å². The fraction of sp³-hybridized carbons (Fsp3) is 0.640. The van der Waals surface area contributed by atoms with Gasteiger partial charge in [-0.25, -0.2) is 0 Å². The van der Waals surface area contributed by atoms with Crippen molar-refractivity contribution in [2.75, 3.05) is 50.9 Å². The van der Waals surface area contributed by atoms with Gasteiger partial charge in [0.2, 0.25) is 5.88 Å². The lowest BCUT2D eigenvalue weighted by molar-refractivity contribution is 0.00519. The van der Waals surface area contributed by atoms with Crippen LogP contribution in [-0.4, -0.2) is 73.4 Å². The van der Waals surface area contributed by atoms with E-state index in [4.69, 9.17) is 14.0 Å². The average Bonchev–Trinajstić information content (AvgIpc) is 3.49. The lowest BCUT2D eigenvalue weighted by Crippen LogP contribution is -2.39. The number of nitrogens with zero attached hydrogens (tertiary/aromatic N) is 3. The van der Waals surface area contributed by atoms with E-state index in [9.17, 15) is 5.11 Å². The van der Waals surface area contributed by atoms with E-state index in [1.807, 2.05) is 25.1 Å². The summed E-state index contributed by atoms with van der Waals surface area (Å²) in [5.41, 5.74) is 3.05. The number of aliphatic hydroxyl groups is 1. The van der Waals surface area contributed by atoms with Gasteiger partial charge in [0.15, 0.2) is 0 Å². The van der Waals surface area contributed by atoms with Gasteiger partial charge in [-0.2, -0.15) is 0 Å². The number of hydrogen-bond acceptors (Lipinski definition) is 7. The third-order valence-corrected chi connectivity index (χ3v) is 6.31. The molecule has 2 fully saturated rings. The van der Waals surface area contributed by atoms with Crippen molar-refractivity contribution in [1.29, 1.82) is 0 Å². The standard InChI is InChI=1S/C25H37N3O4/c1-2-30-19-21(29)16-27(17-22-12-9-15-31-22)18-23-24(20-10-5-3-6-11-20)26-32-25(23)28-13-7-4-8-14-28/h3,5-6,10-11,21-22,29H,2,4,7-9,12-19H2,1H3. The lowest BCUT2D eigenvalue weighted by atomic mass is 10.0. The molecule has 32 heavy (non-hydrogen) atoms. The second kappa shape index (κ2) is 11.8. The molecule has 0 radical (unpaired) electrons. The Morgan fingerprint density at radius 2 is 2.00 bits per heavy atom. The molecule has 3 heterocycles. The van der Waals surface area contributed by atoms with Crippen LogP contribution in [0.2, 0.25) is 0 Å². The molecule has 0 aliphatic carbocycles. The number of aliphatic hydroxyl groups excluding tert-OH is 1. The summed E-state index contributed by atoms with van der Waals surface area (Å²) >= 11 is 0. The number of piperidine rings is 1. The van der Waals surface area contributed by atoms with E-state index in [0.29, 0.717) is 26.3 Å². The molecule has 4 rings (SSSR count). The van der Waals surface area contributed by atoms with Gasteiger partial charge in [-0.15, -0.1) is 0 Å². The molecule has 2 atom stereocenters. The van der Waals surface area contributed by atoms with Gasteiger partial charge in [-0.05, 0) is 39.0 Å². The Kier molecular flexibility index (Phi) is 8.56. The van der Waals surface area contributed by atoms with Gasteiger partial charge in [0.1, 0.15) is 5.69 Å². The summed E-state index contributed by atoms with van der Waals surface area (Å²) in [5.74, 6) is 0.875. The summed E-state index contributed by atoms with van der Waals surface area (Å²) in [4.78, 5) is 4.62. The normalized spacial score (nSPS) is 20.2. The van der Waals surface area contributed by atoms with Crippen LogP contribution in [0, 0.1) is 0 Å². The molecule has 176 valence electrons. The molecule has 7 heteroatoms. The first-order valence-corrected chi connectivity index (χ1v) is 12.1. The molecule has 2 aliphatic heterocycles. The molecule has 2 saturated heterocycles. The van der Waals surface area contributed by atoms with Crippen LogP contribution in [-0.2, 0) is 16.0 Å². The summed E-state index contributed by atoms with van der Waals surface area (Å²) in [6.45, 7) is 7.67. The highest BCUT2D eigenvalue weighted by Crippen LogP contribution is 2.34. The van der Waals surface area contributed by atoms with E-state index < -0.39 is 6.10 Å². The minimum absolute atomic E-state index is 0.202. The zero-order chi connectivity index (χ0) is 22.2. The number of ether oxygens (including phenoxy) is 2. The van der Waals surface area contributed by atoms with Gasteiger partial charge in [0, 0.05) is 51.5 Å². The van der Waals surface area contributed by atoms with Crippen molar-refractivity contribution in [2.24, 2.45) is 0 Å². The Hall–Kier alpha value is -1.93. The molecule has 1 aromatic heterocycles. The van der Waals surface area contributed by atoms with Gasteiger partial charge in [-0.1, -0.05) is 35.5 Å². The van der Waals surface area contributed by atoms with Gasteiger partial charge in [0.05, 0.1) is 24.4 Å². The van der Waals surface area contributed by atoms with Crippen molar-refractivity contribution >= 4 is 5.88 Å². The van der Waals surface area contributed by atoms with Crippen LogP contribution < -0.4 is 4.90 Å². The Morgan fingerprint density at radius 3 is 2.72 bits per heavy atom. The first kappa shape index (κ1) is 23.2. The fourth-order valence-electron chi connectivity index (χ4n) is 4.72. The maximum absolute atomic E-state index is 10.6. The van der Waals surface area contributed by atoms with E-state index in [2.05, 4.69) is 27.1 Å². The Bertz CT molecular complexity index is 801. The highest BCUT2D eigenvalue weighted by molar-refractivity contribution is 5.68. The van der Waals surface area contributed by atoms with Crippen LogP contribution in [0.25, 0.3) is 11.3 Å². The smallest absolute Gasteiger partial charge is 0.232 e. The molecule has 0 spiro atoms. The zero-order valence-electron chi connectivity index (χ0n) is 19.2. The van der Waals surface area contributed by atoms with Crippen LogP contribution in [0.4, 0.5) is 5.88 Å². The van der Waals surface area contributed by atoms with Crippen LogP contribution in [0.15, 0.2) is 34.9 Å². The molecule has 2 unspecified atom stereocenters. The minimum atomic E-state index is -0.546. The summed E-state index contributed by atoms with van der Waals surface area (Å²) in [6.07, 6.45) is 5.43. The highest BCUT2D eigenvalue weighted by Gasteiger charge is 2.28. The summed E-state index contributed by atoms with van der Waals surface area (Å²) < 4.78 is 17.4. The molecular weight excluding hydrogens is 406 g/mol. The molecule has 2 aromatic rings. The SMILES string of the molecule is CCOCC(O)CN(Cc1c(-c2ccccc2)noc1N1CCCCC1)CC1CCCO1. The predicted octanol–water partition coefficient (Wildman–Crippen LogP) is 3.71. The van der Waals surface area contributed by atoms with Crippen molar-refractivity contribution in [3.05, 3.63) is 35.9 Å². The number of aromatic nitrogens is 1. The second-order valence-electron chi connectivity index (χ2n) is 8.87. The Balaban J connectivity index is 1.60. The minimum Gasteiger partial charge on any atom is -0.389 e. The third-order valence-electron chi connectivity index (χ3n) is 6.31. The maximum Gasteiger partial charge on any atom is 0.232 e. The monoisotopic (exact) mass is 443 g/mol. The van der Waals surface area contributed by atoms with Crippen LogP contribution in [0.5, 0.6) is 0 Å². The fourth-order valence-corrected chi connectivity index (χ4v) is 4.72. The maximum atomic E-state index is 10.6. The molecule has 2 aliphatic rings. The highest BCUT2D eigenvalue weighted by atomic mass is 16.5. The first-order chi connectivity index (χ1) is 15.7. The summed E-state index contributed by atoms with van der Waals surface area (Å²) in [7, 11) is 0. The van der Waals surface area contributed by atoms with Crippen LogP contribution >= 0.6 is 0 Å². The molecule has 1 aromatic carbocycles.